The van der Waals surface area contributed by atoms with Crippen molar-refractivity contribution in [2.24, 2.45) is 11.7 Å². The van der Waals surface area contributed by atoms with Gasteiger partial charge in [0.15, 0.2) is 5.78 Å². The highest BCUT2D eigenvalue weighted by atomic mass is 16.1. The van der Waals surface area contributed by atoms with Crippen molar-refractivity contribution in [3.05, 3.63) is 0 Å². The lowest BCUT2D eigenvalue weighted by molar-refractivity contribution is -0.124. The smallest absolute Gasteiger partial charge is 0.152 e. The van der Waals surface area contributed by atoms with E-state index in [9.17, 15) is 4.79 Å². The van der Waals surface area contributed by atoms with E-state index in [0.29, 0.717) is 12.3 Å². The molecule has 0 spiro atoms. The van der Waals surface area contributed by atoms with Gasteiger partial charge in [0.1, 0.15) is 0 Å². The summed E-state index contributed by atoms with van der Waals surface area (Å²) in [5.41, 5.74) is 5.25. The molecular formula is C11H23NO. The van der Waals surface area contributed by atoms with Gasteiger partial charge in [0.2, 0.25) is 0 Å². The average Bonchev–Trinajstić information content (AvgIpc) is 2.04. The summed E-state index contributed by atoms with van der Waals surface area (Å²) in [6.07, 6.45) is 3.62. The lowest BCUT2D eigenvalue weighted by Gasteiger charge is -2.22. The molecule has 0 radical (unpaired) electrons. The Kier molecular flexibility index (Phi) is 5.23. The van der Waals surface area contributed by atoms with E-state index in [1.54, 1.807) is 0 Å². The minimum atomic E-state index is -0.609. The number of ketones is 1. The van der Waals surface area contributed by atoms with Gasteiger partial charge < -0.3 is 5.73 Å². The Labute approximate surface area is 81.9 Å². The van der Waals surface area contributed by atoms with E-state index < -0.39 is 5.54 Å². The van der Waals surface area contributed by atoms with Crippen molar-refractivity contribution >= 4 is 5.78 Å². The number of Topliss-reactive ketones (excluding diaryl/α,β-unsaturated/α-hetero) is 1. The summed E-state index contributed by atoms with van der Waals surface area (Å²) >= 11 is 0. The van der Waals surface area contributed by atoms with Gasteiger partial charge in [-0.3, -0.25) is 4.79 Å². The number of carbonyl (C=O) groups is 1. The summed E-state index contributed by atoms with van der Waals surface area (Å²) in [6.45, 7) is 8.05. The molecular weight excluding hydrogens is 162 g/mol. The number of hydrogen-bond acceptors (Lipinski definition) is 2. The van der Waals surface area contributed by atoms with E-state index in [0.717, 1.165) is 19.3 Å². The SMILES string of the molecule is CCCC(C)CC(=O)C(C)(N)CC. The van der Waals surface area contributed by atoms with Crippen LogP contribution >= 0.6 is 0 Å². The zero-order chi connectivity index (χ0) is 10.5. The molecule has 0 aliphatic carbocycles. The molecule has 2 N–H and O–H groups in total. The monoisotopic (exact) mass is 185 g/mol. The summed E-state index contributed by atoms with van der Waals surface area (Å²) in [4.78, 5) is 11.7. The summed E-state index contributed by atoms with van der Waals surface area (Å²) in [5.74, 6) is 0.683. The number of rotatable bonds is 6. The molecule has 78 valence electrons. The van der Waals surface area contributed by atoms with Crippen LogP contribution in [0.5, 0.6) is 0 Å². The molecule has 0 aliphatic rings. The molecule has 0 saturated heterocycles. The van der Waals surface area contributed by atoms with Crippen LogP contribution < -0.4 is 5.73 Å². The van der Waals surface area contributed by atoms with Crippen LogP contribution in [0.1, 0.15) is 53.4 Å². The molecule has 2 nitrogen and oxygen atoms in total. The summed E-state index contributed by atoms with van der Waals surface area (Å²) in [6, 6.07) is 0. The fourth-order valence-corrected chi connectivity index (χ4v) is 1.34. The van der Waals surface area contributed by atoms with E-state index in [-0.39, 0.29) is 5.78 Å². The topological polar surface area (TPSA) is 43.1 Å². The van der Waals surface area contributed by atoms with Crippen LogP contribution in [0.15, 0.2) is 0 Å². The van der Waals surface area contributed by atoms with Crippen LogP contribution in [0.4, 0.5) is 0 Å². The second kappa shape index (κ2) is 5.38. The molecule has 2 heteroatoms. The van der Waals surface area contributed by atoms with Crippen LogP contribution in [0, 0.1) is 5.92 Å². The molecule has 0 aliphatic heterocycles. The predicted molar refractivity (Wildman–Crippen MR) is 56.6 cm³/mol. The summed E-state index contributed by atoms with van der Waals surface area (Å²) in [7, 11) is 0. The van der Waals surface area contributed by atoms with Crippen molar-refractivity contribution in [2.45, 2.75) is 58.9 Å². The Hall–Kier alpha value is -0.370. The molecule has 0 aromatic carbocycles. The maximum atomic E-state index is 11.7. The second-order valence-electron chi connectivity index (χ2n) is 4.29. The standard InChI is InChI=1S/C11H23NO/c1-5-7-9(3)8-10(13)11(4,12)6-2/h9H,5-8,12H2,1-4H3. The Morgan fingerprint density at radius 1 is 1.46 bits per heavy atom. The maximum absolute atomic E-state index is 11.7. The highest BCUT2D eigenvalue weighted by Crippen LogP contribution is 2.16. The first kappa shape index (κ1) is 12.6. The zero-order valence-corrected chi connectivity index (χ0v) is 9.39. The van der Waals surface area contributed by atoms with E-state index in [4.69, 9.17) is 5.73 Å². The van der Waals surface area contributed by atoms with Crippen LogP contribution in [-0.2, 0) is 4.79 Å². The van der Waals surface area contributed by atoms with E-state index in [1.165, 1.54) is 0 Å². The van der Waals surface area contributed by atoms with Crippen molar-refractivity contribution in [1.29, 1.82) is 0 Å². The first-order valence-corrected chi connectivity index (χ1v) is 5.26. The molecule has 0 rings (SSSR count). The Balaban J connectivity index is 3.99. The number of nitrogens with two attached hydrogens (primary N) is 1. The molecule has 0 aromatic heterocycles. The van der Waals surface area contributed by atoms with Crippen molar-refractivity contribution in [3.63, 3.8) is 0 Å². The normalized spacial score (nSPS) is 17.9. The summed E-state index contributed by atoms with van der Waals surface area (Å²) in [5, 5.41) is 0. The molecule has 0 saturated carbocycles. The van der Waals surface area contributed by atoms with Crippen LogP contribution in [0.2, 0.25) is 0 Å². The fourth-order valence-electron chi connectivity index (χ4n) is 1.34. The van der Waals surface area contributed by atoms with Crippen molar-refractivity contribution < 1.29 is 4.79 Å². The first-order valence-electron chi connectivity index (χ1n) is 5.26. The van der Waals surface area contributed by atoms with Crippen molar-refractivity contribution in [2.75, 3.05) is 0 Å². The maximum Gasteiger partial charge on any atom is 0.152 e. The minimum Gasteiger partial charge on any atom is -0.319 e. The Morgan fingerprint density at radius 3 is 2.38 bits per heavy atom. The van der Waals surface area contributed by atoms with Gasteiger partial charge in [-0.05, 0) is 19.3 Å². The highest BCUT2D eigenvalue weighted by Gasteiger charge is 2.26. The van der Waals surface area contributed by atoms with Gasteiger partial charge in [-0.25, -0.2) is 0 Å². The molecule has 2 atom stereocenters. The van der Waals surface area contributed by atoms with Crippen LogP contribution in [0.25, 0.3) is 0 Å². The minimum absolute atomic E-state index is 0.205. The number of hydrogen-bond donors (Lipinski definition) is 1. The lowest BCUT2D eigenvalue weighted by Crippen LogP contribution is -2.44. The zero-order valence-electron chi connectivity index (χ0n) is 9.39. The van der Waals surface area contributed by atoms with Gasteiger partial charge in [0.05, 0.1) is 5.54 Å². The second-order valence-corrected chi connectivity index (χ2v) is 4.29. The molecule has 0 bridgehead atoms. The van der Waals surface area contributed by atoms with Gasteiger partial charge in [-0.15, -0.1) is 0 Å². The van der Waals surface area contributed by atoms with Gasteiger partial charge in [-0.2, -0.15) is 0 Å². The van der Waals surface area contributed by atoms with Gasteiger partial charge >= 0.3 is 0 Å². The van der Waals surface area contributed by atoms with Gasteiger partial charge in [0, 0.05) is 6.42 Å². The van der Waals surface area contributed by atoms with Crippen molar-refractivity contribution in [3.8, 4) is 0 Å². The summed E-state index contributed by atoms with van der Waals surface area (Å²) < 4.78 is 0. The lowest BCUT2D eigenvalue weighted by atomic mass is 9.87. The van der Waals surface area contributed by atoms with E-state index in [2.05, 4.69) is 13.8 Å². The average molecular weight is 185 g/mol. The van der Waals surface area contributed by atoms with Crippen LogP contribution in [-0.4, -0.2) is 11.3 Å². The number of carbonyl (C=O) groups excluding carboxylic acids is 1. The Morgan fingerprint density at radius 2 is 2.00 bits per heavy atom. The van der Waals surface area contributed by atoms with E-state index >= 15 is 0 Å². The molecule has 0 aromatic rings. The van der Waals surface area contributed by atoms with Crippen LogP contribution in [0.3, 0.4) is 0 Å². The predicted octanol–water partition coefficient (Wildman–Crippen LogP) is 2.51. The molecule has 0 amide bonds. The third-order valence-corrected chi connectivity index (χ3v) is 2.69. The molecule has 0 fully saturated rings. The van der Waals surface area contributed by atoms with Gasteiger partial charge in [0.25, 0.3) is 0 Å². The molecule has 2 unspecified atom stereocenters. The Bertz CT molecular complexity index is 163. The third-order valence-electron chi connectivity index (χ3n) is 2.69. The first-order chi connectivity index (χ1) is 5.94. The fraction of sp³-hybridized carbons (Fsp3) is 0.909. The molecule has 13 heavy (non-hydrogen) atoms. The highest BCUT2D eigenvalue weighted by molar-refractivity contribution is 5.87. The largest absolute Gasteiger partial charge is 0.319 e. The molecule has 0 heterocycles. The third kappa shape index (κ3) is 4.41. The van der Waals surface area contributed by atoms with Crippen molar-refractivity contribution in [1.82, 2.24) is 0 Å². The van der Waals surface area contributed by atoms with E-state index in [1.807, 2.05) is 13.8 Å². The quantitative estimate of drug-likeness (QED) is 0.691. The van der Waals surface area contributed by atoms with Gasteiger partial charge in [-0.1, -0.05) is 33.6 Å².